The van der Waals surface area contributed by atoms with Gasteiger partial charge in [-0.1, -0.05) is 30.2 Å². The van der Waals surface area contributed by atoms with Crippen LogP contribution in [0.3, 0.4) is 0 Å². The maximum Gasteiger partial charge on any atom is 0.0256 e. The van der Waals surface area contributed by atoms with Crippen LogP contribution in [0.15, 0.2) is 0 Å². The molecule has 0 saturated heterocycles. The largest absolute Gasteiger partial charge is 0.306 e. The fourth-order valence-electron chi connectivity index (χ4n) is 3.94. The molecule has 0 aromatic heterocycles. The molecular formula is C15H28ClNS. The van der Waals surface area contributed by atoms with Crippen molar-refractivity contribution in [2.24, 2.45) is 11.8 Å². The SMILES string of the molecule is CN(C)C1CCC(C(SCl)C2CCCCC2)CC1. The first kappa shape index (κ1) is 15.0. The van der Waals surface area contributed by atoms with E-state index in [1.54, 1.807) is 11.0 Å². The first-order chi connectivity index (χ1) is 8.72. The monoisotopic (exact) mass is 289 g/mol. The topological polar surface area (TPSA) is 3.24 Å². The molecule has 2 aliphatic rings. The highest BCUT2D eigenvalue weighted by atomic mass is 35.7. The Morgan fingerprint density at radius 2 is 1.44 bits per heavy atom. The van der Waals surface area contributed by atoms with Crippen molar-refractivity contribution in [2.45, 2.75) is 69.1 Å². The van der Waals surface area contributed by atoms with Crippen LogP contribution in [0.5, 0.6) is 0 Å². The molecule has 2 rings (SSSR count). The molecule has 0 N–H and O–H groups in total. The lowest BCUT2D eigenvalue weighted by Gasteiger charge is -2.39. The fraction of sp³-hybridized carbons (Fsp3) is 1.00. The van der Waals surface area contributed by atoms with Gasteiger partial charge in [-0.25, -0.2) is 0 Å². The molecule has 0 bridgehead atoms. The normalized spacial score (nSPS) is 32.7. The molecule has 2 fully saturated rings. The molecule has 1 nitrogen and oxygen atoms in total. The summed E-state index contributed by atoms with van der Waals surface area (Å²) in [6, 6.07) is 0.814. The predicted molar refractivity (Wildman–Crippen MR) is 83.2 cm³/mol. The summed E-state index contributed by atoms with van der Waals surface area (Å²) in [6.45, 7) is 0. The standard InChI is InChI=1S/C15H28ClNS/c1-17(2)14-10-8-13(9-11-14)15(18-16)12-6-4-3-5-7-12/h12-15H,3-11H2,1-2H3. The second kappa shape index (κ2) is 7.40. The van der Waals surface area contributed by atoms with E-state index >= 15 is 0 Å². The fourth-order valence-corrected chi connectivity index (χ4v) is 5.65. The first-order valence-electron chi connectivity index (χ1n) is 7.66. The predicted octanol–water partition coefficient (Wildman–Crippen LogP) is 4.94. The zero-order valence-corrected chi connectivity index (χ0v) is 13.5. The van der Waals surface area contributed by atoms with Crippen molar-refractivity contribution in [2.75, 3.05) is 14.1 Å². The third-order valence-electron chi connectivity index (χ3n) is 5.15. The molecule has 18 heavy (non-hydrogen) atoms. The molecule has 1 unspecified atom stereocenters. The summed E-state index contributed by atoms with van der Waals surface area (Å²) in [5.41, 5.74) is 0. The maximum atomic E-state index is 6.24. The third-order valence-corrected chi connectivity index (χ3v) is 6.75. The van der Waals surface area contributed by atoms with Gasteiger partial charge in [0, 0.05) is 11.3 Å². The van der Waals surface area contributed by atoms with Crippen molar-refractivity contribution >= 4 is 21.7 Å². The smallest absolute Gasteiger partial charge is 0.0256 e. The molecule has 0 amide bonds. The van der Waals surface area contributed by atoms with Gasteiger partial charge in [0.1, 0.15) is 0 Å². The highest BCUT2D eigenvalue weighted by Gasteiger charge is 2.33. The highest BCUT2D eigenvalue weighted by molar-refractivity contribution is 8.21. The molecule has 2 aliphatic carbocycles. The molecule has 1 atom stereocenters. The molecule has 0 aromatic rings. The second-order valence-corrected chi connectivity index (χ2v) is 7.74. The van der Waals surface area contributed by atoms with Crippen molar-refractivity contribution in [3.05, 3.63) is 0 Å². The van der Waals surface area contributed by atoms with Gasteiger partial charge in [0.15, 0.2) is 0 Å². The Hall–Kier alpha value is 0.600. The van der Waals surface area contributed by atoms with E-state index in [9.17, 15) is 0 Å². The van der Waals surface area contributed by atoms with Crippen LogP contribution in [-0.2, 0) is 0 Å². The van der Waals surface area contributed by atoms with E-state index in [4.69, 9.17) is 10.7 Å². The van der Waals surface area contributed by atoms with Crippen LogP contribution in [0.2, 0.25) is 0 Å². The van der Waals surface area contributed by atoms with Crippen LogP contribution >= 0.6 is 21.7 Å². The van der Waals surface area contributed by atoms with Crippen molar-refractivity contribution < 1.29 is 0 Å². The maximum absolute atomic E-state index is 6.24. The van der Waals surface area contributed by atoms with Crippen LogP contribution in [0, 0.1) is 11.8 Å². The molecular weight excluding hydrogens is 262 g/mol. The Kier molecular flexibility index (Phi) is 6.17. The van der Waals surface area contributed by atoms with Crippen LogP contribution in [0.4, 0.5) is 0 Å². The van der Waals surface area contributed by atoms with E-state index < -0.39 is 0 Å². The molecule has 2 saturated carbocycles. The number of rotatable bonds is 4. The Labute approximate surface area is 122 Å². The number of nitrogens with zero attached hydrogens (tertiary/aromatic N) is 1. The molecule has 0 radical (unpaired) electrons. The minimum atomic E-state index is 0.732. The minimum Gasteiger partial charge on any atom is -0.306 e. The van der Waals surface area contributed by atoms with Gasteiger partial charge in [-0.3, -0.25) is 0 Å². The number of hydrogen-bond donors (Lipinski definition) is 0. The van der Waals surface area contributed by atoms with E-state index in [1.165, 1.54) is 57.8 Å². The van der Waals surface area contributed by atoms with Crippen molar-refractivity contribution in [3.8, 4) is 0 Å². The lowest BCUT2D eigenvalue weighted by Crippen LogP contribution is -2.36. The molecule has 0 aliphatic heterocycles. The van der Waals surface area contributed by atoms with E-state index in [1.807, 2.05) is 0 Å². The van der Waals surface area contributed by atoms with E-state index in [0.29, 0.717) is 0 Å². The Bertz CT molecular complexity index is 233. The van der Waals surface area contributed by atoms with E-state index in [0.717, 1.165) is 23.1 Å². The number of halogens is 1. The zero-order chi connectivity index (χ0) is 13.0. The van der Waals surface area contributed by atoms with Crippen LogP contribution < -0.4 is 0 Å². The van der Waals surface area contributed by atoms with Gasteiger partial charge in [-0.05, 0) is 75.1 Å². The summed E-state index contributed by atoms with van der Waals surface area (Å²) in [4.78, 5) is 2.40. The quantitative estimate of drug-likeness (QED) is 0.721. The average molecular weight is 290 g/mol. The highest BCUT2D eigenvalue weighted by Crippen LogP contribution is 2.43. The van der Waals surface area contributed by atoms with Crippen LogP contribution in [-0.4, -0.2) is 30.3 Å². The zero-order valence-electron chi connectivity index (χ0n) is 11.9. The van der Waals surface area contributed by atoms with Gasteiger partial charge in [-0.2, -0.15) is 0 Å². The van der Waals surface area contributed by atoms with Crippen molar-refractivity contribution in [3.63, 3.8) is 0 Å². The van der Waals surface area contributed by atoms with Crippen molar-refractivity contribution in [1.82, 2.24) is 4.90 Å². The summed E-state index contributed by atoms with van der Waals surface area (Å²) >= 11 is 0. The Balaban J connectivity index is 1.85. The van der Waals surface area contributed by atoms with Gasteiger partial charge in [0.25, 0.3) is 0 Å². The molecule has 0 spiro atoms. The van der Waals surface area contributed by atoms with Crippen LogP contribution in [0.25, 0.3) is 0 Å². The lowest BCUT2D eigenvalue weighted by molar-refractivity contribution is 0.174. The summed E-state index contributed by atoms with van der Waals surface area (Å²) in [6.07, 6.45) is 12.7. The molecule has 0 aromatic carbocycles. The molecule has 106 valence electrons. The van der Waals surface area contributed by atoms with E-state index in [-0.39, 0.29) is 0 Å². The van der Waals surface area contributed by atoms with Gasteiger partial charge in [-0.15, -0.1) is 0 Å². The summed E-state index contributed by atoms with van der Waals surface area (Å²) in [5, 5.41) is 0.732. The third kappa shape index (κ3) is 3.80. The van der Waals surface area contributed by atoms with E-state index in [2.05, 4.69) is 19.0 Å². The second-order valence-electron chi connectivity index (χ2n) is 6.48. The van der Waals surface area contributed by atoms with Crippen LogP contribution in [0.1, 0.15) is 57.8 Å². The first-order valence-corrected chi connectivity index (χ1v) is 9.36. The van der Waals surface area contributed by atoms with Crippen molar-refractivity contribution in [1.29, 1.82) is 0 Å². The van der Waals surface area contributed by atoms with Gasteiger partial charge >= 0.3 is 0 Å². The minimum absolute atomic E-state index is 0.732. The summed E-state index contributed by atoms with van der Waals surface area (Å²) in [7, 11) is 12.3. The van der Waals surface area contributed by atoms with Gasteiger partial charge in [0.05, 0.1) is 0 Å². The summed E-state index contributed by atoms with van der Waals surface area (Å²) in [5.74, 6) is 1.79. The molecule has 0 heterocycles. The Morgan fingerprint density at radius 3 is 1.94 bits per heavy atom. The van der Waals surface area contributed by atoms with Gasteiger partial charge in [0.2, 0.25) is 0 Å². The number of hydrogen-bond acceptors (Lipinski definition) is 2. The Morgan fingerprint density at radius 1 is 0.889 bits per heavy atom. The molecule has 3 heteroatoms. The van der Waals surface area contributed by atoms with Gasteiger partial charge < -0.3 is 4.90 Å². The summed E-state index contributed by atoms with van der Waals surface area (Å²) < 4.78 is 0. The average Bonchev–Trinajstić information content (AvgIpc) is 2.41. The lowest BCUT2D eigenvalue weighted by atomic mass is 9.76.